The molecule has 0 N–H and O–H groups in total. The number of hydrogen-bond donors (Lipinski definition) is 0. The van der Waals surface area contributed by atoms with Crippen molar-refractivity contribution in [3.63, 3.8) is 0 Å². The molecule has 1 saturated carbocycles. The Balaban J connectivity index is 2.34. The Bertz CT molecular complexity index is 494. The lowest BCUT2D eigenvalue weighted by Gasteiger charge is -1.96. The van der Waals surface area contributed by atoms with Crippen LogP contribution in [0.15, 0.2) is 12.3 Å². The number of fused-ring (bicyclic) bond motifs is 1. The lowest BCUT2D eigenvalue weighted by molar-refractivity contribution is 0.769. The molecule has 0 aromatic carbocycles. The maximum Gasteiger partial charge on any atom is 0.0934 e. The number of aryl methyl sites for hydroxylation is 2. The molecule has 0 amide bonds. The Hall–Kier alpha value is -1.38. The summed E-state index contributed by atoms with van der Waals surface area (Å²) in [6, 6.07) is 2.04. The van der Waals surface area contributed by atoms with Gasteiger partial charge in [-0.05, 0) is 38.3 Å². The summed E-state index contributed by atoms with van der Waals surface area (Å²) in [5.41, 5.74) is 5.02. The van der Waals surface area contributed by atoms with Gasteiger partial charge in [0.25, 0.3) is 0 Å². The minimum atomic E-state index is 0.705. The summed E-state index contributed by atoms with van der Waals surface area (Å²) < 4.78 is 1.78. The van der Waals surface area contributed by atoms with E-state index >= 15 is 0 Å². The van der Waals surface area contributed by atoms with Crippen LogP contribution in [0.5, 0.6) is 0 Å². The van der Waals surface area contributed by atoms with Gasteiger partial charge in [0.05, 0.1) is 11.2 Å². The van der Waals surface area contributed by atoms with Crippen molar-refractivity contribution in [1.29, 1.82) is 0 Å². The molecule has 0 unspecified atom stereocenters. The number of rotatable bonds is 1. The highest BCUT2D eigenvalue weighted by atomic mass is 15.4. The summed E-state index contributed by atoms with van der Waals surface area (Å²) in [7, 11) is 0. The minimum absolute atomic E-state index is 0.705. The molecule has 2 heterocycles. The van der Waals surface area contributed by atoms with E-state index in [-0.39, 0.29) is 0 Å². The van der Waals surface area contributed by atoms with Crippen LogP contribution in [0.1, 0.15) is 35.6 Å². The Morgan fingerprint density at radius 2 is 2.14 bits per heavy atom. The summed E-state index contributed by atoms with van der Waals surface area (Å²) in [6.45, 7) is 4.27. The molecule has 1 fully saturated rings. The zero-order valence-corrected chi connectivity index (χ0v) is 8.49. The highest BCUT2D eigenvalue weighted by Gasteiger charge is 2.29. The average Bonchev–Trinajstić information content (AvgIpc) is 2.93. The van der Waals surface area contributed by atoms with Gasteiger partial charge in [-0.2, -0.15) is 14.8 Å². The summed E-state index contributed by atoms with van der Waals surface area (Å²) in [5.74, 6) is 0.705. The first-order valence-electron chi connectivity index (χ1n) is 5.08. The van der Waals surface area contributed by atoms with Crippen molar-refractivity contribution in [2.45, 2.75) is 32.6 Å². The number of hydrogen-bond acceptors (Lipinski definition) is 2. The molecular weight excluding hydrogens is 174 g/mol. The molecule has 1 aliphatic carbocycles. The van der Waals surface area contributed by atoms with Crippen LogP contribution in [-0.2, 0) is 0 Å². The summed E-state index contributed by atoms with van der Waals surface area (Å²) >= 11 is 0. The van der Waals surface area contributed by atoms with E-state index < -0.39 is 0 Å². The van der Waals surface area contributed by atoms with E-state index in [2.05, 4.69) is 24.0 Å². The van der Waals surface area contributed by atoms with E-state index in [9.17, 15) is 0 Å². The van der Waals surface area contributed by atoms with Crippen molar-refractivity contribution < 1.29 is 0 Å². The molecule has 1 aliphatic rings. The van der Waals surface area contributed by atoms with Crippen LogP contribution in [0.4, 0.5) is 0 Å². The zero-order valence-electron chi connectivity index (χ0n) is 8.49. The first-order chi connectivity index (χ1) is 6.77. The van der Waals surface area contributed by atoms with Crippen molar-refractivity contribution in [3.05, 3.63) is 29.1 Å². The topological polar surface area (TPSA) is 30.2 Å². The third-order valence-corrected chi connectivity index (χ3v) is 2.98. The van der Waals surface area contributed by atoms with Gasteiger partial charge in [0.2, 0.25) is 0 Å². The normalized spacial score (nSPS) is 16.4. The van der Waals surface area contributed by atoms with Gasteiger partial charge in [-0.3, -0.25) is 0 Å². The predicted octanol–water partition coefficient (Wildman–Crippen LogP) is 2.22. The average molecular weight is 187 g/mol. The summed E-state index contributed by atoms with van der Waals surface area (Å²) in [5, 5.41) is 8.78. The van der Waals surface area contributed by atoms with E-state index in [4.69, 9.17) is 0 Å². The molecule has 72 valence electrons. The van der Waals surface area contributed by atoms with Crippen molar-refractivity contribution in [2.24, 2.45) is 0 Å². The Labute approximate surface area is 82.7 Å². The van der Waals surface area contributed by atoms with Crippen LogP contribution >= 0.6 is 0 Å². The van der Waals surface area contributed by atoms with Crippen LogP contribution in [0.3, 0.4) is 0 Å². The molecule has 0 atom stereocenters. The smallest absolute Gasteiger partial charge is 0.0934 e. The second-order valence-corrected chi connectivity index (χ2v) is 4.14. The highest BCUT2D eigenvalue weighted by molar-refractivity contribution is 5.61. The van der Waals surface area contributed by atoms with Crippen LogP contribution in [0.25, 0.3) is 5.52 Å². The zero-order chi connectivity index (χ0) is 9.71. The number of aromatic nitrogens is 3. The van der Waals surface area contributed by atoms with Gasteiger partial charge < -0.3 is 0 Å². The molecule has 0 radical (unpaired) electrons. The standard InChI is InChI=1S/C11H13N3/c1-7-5-6-12-14-11(7)8(2)10(13-14)9-3-4-9/h5-6,9H,3-4H2,1-2H3. The number of nitrogens with zero attached hydrogens (tertiary/aromatic N) is 3. The van der Waals surface area contributed by atoms with E-state index in [1.807, 2.05) is 12.3 Å². The predicted molar refractivity (Wildman–Crippen MR) is 54.4 cm³/mol. The van der Waals surface area contributed by atoms with Gasteiger partial charge in [0.1, 0.15) is 0 Å². The monoisotopic (exact) mass is 187 g/mol. The van der Waals surface area contributed by atoms with E-state index in [1.54, 1.807) is 4.63 Å². The van der Waals surface area contributed by atoms with Gasteiger partial charge >= 0.3 is 0 Å². The van der Waals surface area contributed by atoms with Gasteiger partial charge in [0.15, 0.2) is 0 Å². The van der Waals surface area contributed by atoms with Gasteiger partial charge in [-0.15, -0.1) is 0 Å². The molecule has 2 aromatic heterocycles. The molecule has 3 nitrogen and oxygen atoms in total. The van der Waals surface area contributed by atoms with Gasteiger partial charge in [-0.25, -0.2) is 0 Å². The lowest BCUT2D eigenvalue weighted by atomic mass is 10.1. The molecule has 0 saturated heterocycles. The first kappa shape index (κ1) is 7.97. The molecule has 0 aliphatic heterocycles. The minimum Gasteiger partial charge on any atom is -0.159 e. The molecular formula is C11H13N3. The summed E-state index contributed by atoms with van der Waals surface area (Å²) in [6.07, 6.45) is 4.40. The van der Waals surface area contributed by atoms with Crippen molar-refractivity contribution in [1.82, 2.24) is 14.8 Å². The fourth-order valence-corrected chi connectivity index (χ4v) is 2.07. The van der Waals surface area contributed by atoms with E-state index in [0.717, 1.165) is 0 Å². The quantitative estimate of drug-likeness (QED) is 0.685. The van der Waals surface area contributed by atoms with Crippen LogP contribution in [-0.4, -0.2) is 14.8 Å². The van der Waals surface area contributed by atoms with E-state index in [0.29, 0.717) is 5.92 Å². The van der Waals surface area contributed by atoms with Crippen LogP contribution in [0, 0.1) is 13.8 Å². The third kappa shape index (κ3) is 0.983. The molecule has 0 bridgehead atoms. The highest BCUT2D eigenvalue weighted by Crippen LogP contribution is 2.41. The van der Waals surface area contributed by atoms with Crippen molar-refractivity contribution >= 4 is 5.52 Å². The molecule has 3 rings (SSSR count). The lowest BCUT2D eigenvalue weighted by Crippen LogP contribution is -1.94. The summed E-state index contributed by atoms with van der Waals surface area (Å²) in [4.78, 5) is 0. The Kier molecular flexibility index (Phi) is 1.46. The Morgan fingerprint density at radius 1 is 1.36 bits per heavy atom. The molecule has 3 heteroatoms. The van der Waals surface area contributed by atoms with E-state index in [1.165, 1.54) is 35.2 Å². The Morgan fingerprint density at radius 3 is 2.79 bits per heavy atom. The first-order valence-corrected chi connectivity index (χ1v) is 5.08. The van der Waals surface area contributed by atoms with Gasteiger partial charge in [-0.1, -0.05) is 0 Å². The molecule has 0 spiro atoms. The van der Waals surface area contributed by atoms with Crippen molar-refractivity contribution in [3.8, 4) is 0 Å². The maximum atomic E-state index is 4.54. The second-order valence-electron chi connectivity index (χ2n) is 4.14. The van der Waals surface area contributed by atoms with Crippen LogP contribution in [0.2, 0.25) is 0 Å². The SMILES string of the molecule is Cc1ccnn2nc(C3CC3)c(C)c12. The van der Waals surface area contributed by atoms with Crippen molar-refractivity contribution in [2.75, 3.05) is 0 Å². The van der Waals surface area contributed by atoms with Gasteiger partial charge in [0, 0.05) is 17.7 Å². The second kappa shape index (κ2) is 2.56. The fourth-order valence-electron chi connectivity index (χ4n) is 2.07. The third-order valence-electron chi connectivity index (χ3n) is 2.98. The molecule has 14 heavy (non-hydrogen) atoms. The fraction of sp³-hybridized carbons (Fsp3) is 0.455. The molecule has 2 aromatic rings. The van der Waals surface area contributed by atoms with Crippen LogP contribution < -0.4 is 0 Å². The maximum absolute atomic E-state index is 4.54. The largest absolute Gasteiger partial charge is 0.159 e.